The van der Waals surface area contributed by atoms with E-state index in [-0.39, 0.29) is 16.8 Å². The highest BCUT2D eigenvalue weighted by Gasteiger charge is 2.06. The number of carbonyl (C=O) groups excluding carboxylic acids is 1. The van der Waals surface area contributed by atoms with E-state index in [0.29, 0.717) is 11.3 Å². The van der Waals surface area contributed by atoms with Crippen LogP contribution in [0.25, 0.3) is 0 Å². The Labute approximate surface area is 103 Å². The van der Waals surface area contributed by atoms with Crippen molar-refractivity contribution in [3.63, 3.8) is 0 Å². The lowest BCUT2D eigenvalue weighted by atomic mass is 10.1. The number of nitrogens with zero attached hydrogens (tertiary/aromatic N) is 2. The molecule has 0 aliphatic heterocycles. The first-order valence-electron chi connectivity index (χ1n) is 4.92. The lowest BCUT2D eigenvalue weighted by Crippen LogP contribution is -1.94. The van der Waals surface area contributed by atoms with E-state index in [1.165, 1.54) is 19.3 Å². The van der Waals surface area contributed by atoms with Crippen LogP contribution < -0.4 is 4.74 Å². The van der Waals surface area contributed by atoms with Gasteiger partial charge in [-0.05, 0) is 19.1 Å². The van der Waals surface area contributed by atoms with Gasteiger partial charge in [0.05, 0.1) is 0 Å². The average Bonchev–Trinajstić information content (AvgIpc) is 2.32. The van der Waals surface area contributed by atoms with Crippen molar-refractivity contribution in [3.8, 4) is 11.6 Å². The molecule has 0 saturated heterocycles. The Morgan fingerprint density at radius 1 is 1.29 bits per heavy atom. The molecule has 4 nitrogen and oxygen atoms in total. The van der Waals surface area contributed by atoms with Crippen LogP contribution in [0, 0.1) is 0 Å². The standard InChI is InChI=1S/C12H9ClN2O2/c1-8(16)9-3-2-4-10(7-9)17-12-11(13)14-5-6-15-12/h2-7H,1H3. The van der Waals surface area contributed by atoms with Crippen molar-refractivity contribution in [1.82, 2.24) is 9.97 Å². The lowest BCUT2D eigenvalue weighted by molar-refractivity contribution is 0.101. The molecule has 2 rings (SSSR count). The molecular formula is C12H9ClN2O2. The third-order valence-electron chi connectivity index (χ3n) is 2.08. The fourth-order valence-corrected chi connectivity index (χ4v) is 1.41. The van der Waals surface area contributed by atoms with Crippen LogP contribution in [0.15, 0.2) is 36.7 Å². The predicted octanol–water partition coefficient (Wildman–Crippen LogP) is 3.12. The largest absolute Gasteiger partial charge is 0.436 e. The van der Waals surface area contributed by atoms with Gasteiger partial charge in [0, 0.05) is 18.0 Å². The Balaban J connectivity index is 2.28. The summed E-state index contributed by atoms with van der Waals surface area (Å²) in [6.45, 7) is 1.49. The molecule has 0 spiro atoms. The van der Waals surface area contributed by atoms with E-state index in [2.05, 4.69) is 9.97 Å². The number of ketones is 1. The van der Waals surface area contributed by atoms with Gasteiger partial charge in [0.15, 0.2) is 10.9 Å². The number of benzene rings is 1. The van der Waals surface area contributed by atoms with E-state index in [4.69, 9.17) is 16.3 Å². The lowest BCUT2D eigenvalue weighted by Gasteiger charge is -2.06. The molecule has 86 valence electrons. The first-order valence-corrected chi connectivity index (χ1v) is 5.30. The van der Waals surface area contributed by atoms with Crippen LogP contribution >= 0.6 is 11.6 Å². The zero-order valence-corrected chi connectivity index (χ0v) is 9.81. The molecule has 0 radical (unpaired) electrons. The molecule has 17 heavy (non-hydrogen) atoms. The van der Waals surface area contributed by atoms with E-state index in [1.54, 1.807) is 24.3 Å². The van der Waals surface area contributed by atoms with Crippen LogP contribution in [-0.2, 0) is 0 Å². The molecule has 1 heterocycles. The third kappa shape index (κ3) is 2.79. The number of hydrogen-bond donors (Lipinski definition) is 0. The molecule has 2 aromatic rings. The molecule has 0 atom stereocenters. The van der Waals surface area contributed by atoms with Crippen molar-refractivity contribution in [2.24, 2.45) is 0 Å². The summed E-state index contributed by atoms with van der Waals surface area (Å²) in [6, 6.07) is 6.80. The molecule has 0 fully saturated rings. The molecule has 1 aromatic heterocycles. The molecule has 1 aromatic carbocycles. The quantitative estimate of drug-likeness (QED) is 0.783. The normalized spacial score (nSPS) is 10.0. The second-order valence-corrected chi connectivity index (χ2v) is 3.70. The second kappa shape index (κ2) is 4.93. The van der Waals surface area contributed by atoms with Gasteiger partial charge in [0.2, 0.25) is 0 Å². The number of ether oxygens (including phenoxy) is 1. The highest BCUT2D eigenvalue weighted by molar-refractivity contribution is 6.30. The van der Waals surface area contributed by atoms with Crippen molar-refractivity contribution < 1.29 is 9.53 Å². The van der Waals surface area contributed by atoms with Crippen LogP contribution in [0.3, 0.4) is 0 Å². The number of Topliss-reactive ketones (excluding diaryl/α,β-unsaturated/α-hetero) is 1. The minimum Gasteiger partial charge on any atom is -0.436 e. The van der Waals surface area contributed by atoms with E-state index in [9.17, 15) is 4.79 Å². The van der Waals surface area contributed by atoms with Crippen molar-refractivity contribution in [3.05, 3.63) is 47.4 Å². The Bertz CT molecular complexity index is 558. The average molecular weight is 249 g/mol. The van der Waals surface area contributed by atoms with Crippen molar-refractivity contribution in [2.45, 2.75) is 6.92 Å². The number of hydrogen-bond acceptors (Lipinski definition) is 4. The Morgan fingerprint density at radius 3 is 2.76 bits per heavy atom. The molecule has 0 aliphatic carbocycles. The summed E-state index contributed by atoms with van der Waals surface area (Å²) in [4.78, 5) is 19.0. The summed E-state index contributed by atoms with van der Waals surface area (Å²) in [5.74, 6) is 0.690. The smallest absolute Gasteiger partial charge is 0.257 e. The third-order valence-corrected chi connectivity index (χ3v) is 2.34. The van der Waals surface area contributed by atoms with Gasteiger partial charge < -0.3 is 4.74 Å². The molecule has 0 saturated carbocycles. The minimum atomic E-state index is -0.0271. The Hall–Kier alpha value is -1.94. The fourth-order valence-electron chi connectivity index (χ4n) is 1.27. The van der Waals surface area contributed by atoms with Crippen LogP contribution in [0.4, 0.5) is 0 Å². The SMILES string of the molecule is CC(=O)c1cccc(Oc2nccnc2Cl)c1. The number of rotatable bonds is 3. The second-order valence-electron chi connectivity index (χ2n) is 3.34. The number of halogens is 1. The van der Waals surface area contributed by atoms with E-state index in [0.717, 1.165) is 0 Å². The summed E-state index contributed by atoms with van der Waals surface area (Å²) in [5, 5.41) is 0.181. The van der Waals surface area contributed by atoms with Crippen molar-refractivity contribution in [1.29, 1.82) is 0 Å². The fraction of sp³-hybridized carbons (Fsp3) is 0.0833. The summed E-state index contributed by atoms with van der Waals surface area (Å²) in [6.07, 6.45) is 2.96. The maximum Gasteiger partial charge on any atom is 0.257 e. The summed E-state index contributed by atoms with van der Waals surface area (Å²) in [5.41, 5.74) is 0.572. The molecule has 0 bridgehead atoms. The molecule has 5 heteroatoms. The highest BCUT2D eigenvalue weighted by Crippen LogP contribution is 2.25. The molecule has 0 amide bonds. The Morgan fingerprint density at radius 2 is 2.06 bits per heavy atom. The van der Waals surface area contributed by atoms with Crippen LogP contribution in [-0.4, -0.2) is 15.8 Å². The Kier molecular flexibility index (Phi) is 3.35. The monoisotopic (exact) mass is 248 g/mol. The van der Waals surface area contributed by atoms with Crippen molar-refractivity contribution in [2.75, 3.05) is 0 Å². The predicted molar refractivity (Wildman–Crippen MR) is 63.6 cm³/mol. The zero-order valence-electron chi connectivity index (χ0n) is 9.05. The van der Waals surface area contributed by atoms with Gasteiger partial charge in [-0.3, -0.25) is 4.79 Å². The van der Waals surface area contributed by atoms with E-state index in [1.807, 2.05) is 0 Å². The zero-order chi connectivity index (χ0) is 12.3. The van der Waals surface area contributed by atoms with Gasteiger partial charge in [-0.15, -0.1) is 0 Å². The first kappa shape index (κ1) is 11.5. The van der Waals surface area contributed by atoms with Gasteiger partial charge in [-0.25, -0.2) is 9.97 Å². The number of aromatic nitrogens is 2. The topological polar surface area (TPSA) is 52.1 Å². The maximum absolute atomic E-state index is 11.2. The van der Waals surface area contributed by atoms with Gasteiger partial charge in [-0.2, -0.15) is 0 Å². The first-order chi connectivity index (χ1) is 8.16. The van der Waals surface area contributed by atoms with E-state index < -0.39 is 0 Å². The molecular weight excluding hydrogens is 240 g/mol. The van der Waals surface area contributed by atoms with Crippen LogP contribution in [0.5, 0.6) is 11.6 Å². The minimum absolute atomic E-state index is 0.0271. The maximum atomic E-state index is 11.2. The van der Waals surface area contributed by atoms with Crippen LogP contribution in [0.1, 0.15) is 17.3 Å². The van der Waals surface area contributed by atoms with Crippen molar-refractivity contribution >= 4 is 17.4 Å². The summed E-state index contributed by atoms with van der Waals surface area (Å²) < 4.78 is 5.44. The molecule has 0 unspecified atom stereocenters. The van der Waals surface area contributed by atoms with Gasteiger partial charge in [0.1, 0.15) is 5.75 Å². The van der Waals surface area contributed by atoms with Crippen LogP contribution in [0.2, 0.25) is 5.15 Å². The summed E-state index contributed by atoms with van der Waals surface area (Å²) >= 11 is 5.81. The molecule has 0 N–H and O–H groups in total. The molecule has 0 aliphatic rings. The summed E-state index contributed by atoms with van der Waals surface area (Å²) in [7, 11) is 0. The van der Waals surface area contributed by atoms with Gasteiger partial charge >= 0.3 is 0 Å². The van der Waals surface area contributed by atoms with Gasteiger partial charge in [-0.1, -0.05) is 23.7 Å². The number of carbonyl (C=O) groups is 1. The van der Waals surface area contributed by atoms with E-state index >= 15 is 0 Å². The highest BCUT2D eigenvalue weighted by atomic mass is 35.5. The van der Waals surface area contributed by atoms with Gasteiger partial charge in [0.25, 0.3) is 5.88 Å².